The van der Waals surface area contributed by atoms with Crippen LogP contribution >= 0.6 is 0 Å². The smallest absolute Gasteiger partial charge is 0.0379 e. The molecule has 0 saturated heterocycles. The van der Waals surface area contributed by atoms with Crippen molar-refractivity contribution >= 4 is 26.6 Å². The van der Waals surface area contributed by atoms with Crippen molar-refractivity contribution in [2.45, 2.75) is 39.3 Å². The van der Waals surface area contributed by atoms with E-state index in [9.17, 15) is 0 Å². The molecule has 0 bridgehead atoms. The van der Waals surface area contributed by atoms with Crippen molar-refractivity contribution < 1.29 is 40.8 Å². The van der Waals surface area contributed by atoms with E-state index in [0.717, 1.165) is 24.5 Å². The molecule has 0 aliphatic rings. The Morgan fingerprint density at radius 1 is 0.560 bits per heavy atom. The van der Waals surface area contributed by atoms with Gasteiger partial charge in [0, 0.05) is 56.0 Å². The normalized spacial score (nSPS) is 10.8. The number of benzene rings is 2. The zero-order chi connectivity index (χ0) is 18.1. The van der Waals surface area contributed by atoms with Crippen molar-refractivity contribution in [3.8, 4) is 0 Å². The Morgan fingerprint density at radius 2 is 0.840 bits per heavy atom. The van der Waals surface area contributed by atoms with E-state index in [1.54, 1.807) is 0 Å². The van der Waals surface area contributed by atoms with Crippen LogP contribution in [-0.2, 0) is 0 Å². The van der Waals surface area contributed by atoms with Crippen LogP contribution < -0.4 is 0 Å². The van der Waals surface area contributed by atoms with Crippen molar-refractivity contribution in [3.63, 3.8) is 0 Å². The maximum Gasteiger partial charge on any atom is 0.0379 e. The van der Waals surface area contributed by atoms with E-state index in [4.69, 9.17) is 0 Å². The summed E-state index contributed by atoms with van der Waals surface area (Å²) in [5.74, 6) is 0. The predicted molar refractivity (Wildman–Crippen MR) is 115 cm³/mol. The second kappa shape index (κ2) is 12.3. The Labute approximate surface area is 189 Å². The molecule has 2 aromatic rings. The molecule has 136 valence electrons. The van der Waals surface area contributed by atoms with Crippen LogP contribution in [0.2, 0.25) is 39.3 Å². The summed E-state index contributed by atoms with van der Waals surface area (Å²) in [6.45, 7) is 16.3. The second-order valence-electron chi connectivity index (χ2n) is 7.93. The van der Waals surface area contributed by atoms with Crippen LogP contribution in [0.25, 0.3) is 10.6 Å². The van der Waals surface area contributed by atoms with Crippen LogP contribution in [0.1, 0.15) is 0 Å². The molecule has 0 fully saturated rings. The first-order valence-electron chi connectivity index (χ1n) is 8.65. The Kier molecular flexibility index (Phi) is 12.2. The van der Waals surface area contributed by atoms with E-state index in [1.165, 1.54) is 0 Å². The molecule has 0 aliphatic heterocycles. The minimum atomic E-state index is -0.720. The number of para-hydroxylation sites is 2. The molecular weight excluding hydrogens is 469 g/mol. The summed E-state index contributed by atoms with van der Waals surface area (Å²) in [5, 5.41) is 8.86. The molecule has 0 N–H and O–H groups in total. The molecule has 0 heterocycles. The van der Waals surface area contributed by atoms with Gasteiger partial charge in [0.05, 0.1) is 0 Å². The standard InChI is InChI=1S/C14H14N2.C6H18Si2.Nd/c1-3-7-13(8-4-1)15-11-12-16-14-9-5-2-6-10-14;1-7(2,3)8(4,5)6;/h1-10H,11-12H2;1-6H3;/q-2;;. The number of rotatable bonds is 6. The molecule has 0 atom stereocenters. The van der Waals surface area contributed by atoms with E-state index in [1.807, 2.05) is 60.7 Å². The molecule has 0 aliphatic carbocycles. The summed E-state index contributed by atoms with van der Waals surface area (Å²) >= 11 is 0. The Hall–Kier alpha value is -0.176. The van der Waals surface area contributed by atoms with Crippen LogP contribution in [0.15, 0.2) is 60.7 Å². The average molecular weight is 501 g/mol. The van der Waals surface area contributed by atoms with Crippen molar-refractivity contribution in [2.75, 3.05) is 13.1 Å². The monoisotopic (exact) mass is 498 g/mol. The van der Waals surface area contributed by atoms with Gasteiger partial charge in [0.2, 0.25) is 0 Å². The maximum absolute atomic E-state index is 4.43. The van der Waals surface area contributed by atoms with Crippen molar-refractivity contribution in [1.82, 2.24) is 0 Å². The fourth-order valence-electron chi connectivity index (χ4n) is 1.43. The van der Waals surface area contributed by atoms with Gasteiger partial charge in [0.1, 0.15) is 0 Å². The molecule has 0 saturated carbocycles. The van der Waals surface area contributed by atoms with E-state index < -0.39 is 15.2 Å². The van der Waals surface area contributed by atoms with Gasteiger partial charge in [-0.25, -0.2) is 0 Å². The van der Waals surface area contributed by atoms with Crippen molar-refractivity contribution in [1.29, 1.82) is 0 Å². The Morgan fingerprint density at radius 3 is 1.08 bits per heavy atom. The molecule has 0 aromatic heterocycles. The summed E-state index contributed by atoms with van der Waals surface area (Å²) in [7, 11) is -1.44. The Bertz CT molecular complexity index is 510. The molecule has 2 aromatic carbocycles. The van der Waals surface area contributed by atoms with Gasteiger partial charge in [0.15, 0.2) is 0 Å². The van der Waals surface area contributed by atoms with Gasteiger partial charge >= 0.3 is 0 Å². The molecule has 5 heteroatoms. The molecule has 2 rings (SSSR count). The average Bonchev–Trinajstić information content (AvgIpc) is 2.52. The van der Waals surface area contributed by atoms with Crippen LogP contribution in [0.4, 0.5) is 11.4 Å². The van der Waals surface area contributed by atoms with Gasteiger partial charge in [-0.2, -0.15) is 0 Å². The molecule has 0 unspecified atom stereocenters. The third-order valence-corrected chi connectivity index (χ3v) is 22.5. The minimum Gasteiger partial charge on any atom is -0.685 e. The van der Waals surface area contributed by atoms with E-state index in [-0.39, 0.29) is 40.8 Å². The zero-order valence-corrected chi connectivity index (χ0v) is 21.8. The van der Waals surface area contributed by atoms with Gasteiger partial charge in [-0.3, -0.25) is 0 Å². The first-order chi connectivity index (χ1) is 11.2. The molecule has 0 radical (unpaired) electrons. The first-order valence-corrected chi connectivity index (χ1v) is 16.7. The summed E-state index contributed by atoms with van der Waals surface area (Å²) in [4.78, 5) is 0. The molecule has 0 amide bonds. The third-order valence-electron chi connectivity index (χ3n) is 4.45. The van der Waals surface area contributed by atoms with Crippen LogP contribution in [0.5, 0.6) is 0 Å². The number of hydrogen-bond acceptors (Lipinski definition) is 0. The van der Waals surface area contributed by atoms with Gasteiger partial charge < -0.3 is 10.6 Å². The first kappa shape index (κ1) is 24.8. The third kappa shape index (κ3) is 11.2. The van der Waals surface area contributed by atoms with E-state index >= 15 is 0 Å². The maximum atomic E-state index is 4.43. The summed E-state index contributed by atoms with van der Waals surface area (Å²) in [6, 6.07) is 20.0. The minimum absolute atomic E-state index is 0. The summed E-state index contributed by atoms with van der Waals surface area (Å²) in [5.41, 5.74) is 2.04. The van der Waals surface area contributed by atoms with Gasteiger partial charge in [0.25, 0.3) is 0 Å². The molecule has 2 nitrogen and oxygen atoms in total. The zero-order valence-electron chi connectivity index (χ0n) is 16.6. The van der Waals surface area contributed by atoms with Gasteiger partial charge in [-0.15, -0.1) is 24.5 Å². The largest absolute Gasteiger partial charge is 0.685 e. The summed E-state index contributed by atoms with van der Waals surface area (Å²) in [6.07, 6.45) is 0. The molecular formula is C20H32N2NdSi2-2. The van der Waals surface area contributed by atoms with Crippen molar-refractivity contribution in [2.24, 2.45) is 0 Å². The number of nitrogens with zero attached hydrogens (tertiary/aromatic N) is 2. The van der Waals surface area contributed by atoms with Crippen LogP contribution in [0, 0.1) is 40.8 Å². The van der Waals surface area contributed by atoms with Crippen LogP contribution in [-0.4, -0.2) is 28.3 Å². The quantitative estimate of drug-likeness (QED) is 0.298. The fourth-order valence-corrected chi connectivity index (χ4v) is 1.43. The fraction of sp³-hybridized carbons (Fsp3) is 0.400. The van der Waals surface area contributed by atoms with E-state index in [0.29, 0.717) is 0 Å². The van der Waals surface area contributed by atoms with Gasteiger partial charge in [-0.1, -0.05) is 99.9 Å². The summed E-state index contributed by atoms with van der Waals surface area (Å²) < 4.78 is 0. The Balaban J connectivity index is 0.000000552. The number of hydrogen-bond donors (Lipinski definition) is 0. The SMILES string of the molecule is C[Si](C)(C)[Si](C)(C)C.[Nd].c1ccc([N-]CC[N-]c2ccccc2)cc1. The molecule has 25 heavy (non-hydrogen) atoms. The topological polar surface area (TPSA) is 28.2 Å². The van der Waals surface area contributed by atoms with Crippen LogP contribution in [0.3, 0.4) is 0 Å². The molecule has 0 spiro atoms. The second-order valence-corrected chi connectivity index (χ2v) is 25.9. The van der Waals surface area contributed by atoms with Crippen molar-refractivity contribution in [3.05, 3.63) is 71.3 Å². The van der Waals surface area contributed by atoms with E-state index in [2.05, 4.69) is 49.9 Å². The predicted octanol–water partition coefficient (Wildman–Crippen LogP) is 7.14. The van der Waals surface area contributed by atoms with Gasteiger partial charge in [-0.05, 0) is 0 Å².